The zero-order chi connectivity index (χ0) is 30.7. The van der Waals surface area contributed by atoms with E-state index in [0.29, 0.717) is 5.56 Å². The van der Waals surface area contributed by atoms with E-state index in [1.807, 2.05) is 94.2 Å². The van der Waals surface area contributed by atoms with E-state index in [2.05, 4.69) is 10.4 Å². The number of amides is 2. The van der Waals surface area contributed by atoms with Crippen LogP contribution in [0.4, 0.5) is 4.79 Å². The maximum Gasteiger partial charge on any atom is 0.410 e. The van der Waals surface area contributed by atoms with Gasteiger partial charge < -0.3 is 19.7 Å². The first-order chi connectivity index (χ1) is 20.5. The third-order valence-corrected chi connectivity index (χ3v) is 8.10. The molecular formula is C34H41N5O4. The van der Waals surface area contributed by atoms with Crippen LogP contribution in [0.3, 0.4) is 0 Å². The Labute approximate surface area is 253 Å². The van der Waals surface area contributed by atoms with Gasteiger partial charge in [0, 0.05) is 41.9 Å². The molecule has 2 aromatic heterocycles. The van der Waals surface area contributed by atoms with E-state index in [1.54, 1.807) is 18.0 Å². The first kappa shape index (κ1) is 30.2. The molecule has 5 rings (SSSR count). The molecule has 1 saturated heterocycles. The molecule has 1 aliphatic rings. The van der Waals surface area contributed by atoms with Gasteiger partial charge in [0.05, 0.1) is 23.4 Å². The number of carbonyl (C=O) groups excluding carboxylic acids is 2. The van der Waals surface area contributed by atoms with Gasteiger partial charge >= 0.3 is 6.09 Å². The topological polar surface area (TPSA) is 98.6 Å². The highest BCUT2D eigenvalue weighted by molar-refractivity contribution is 5.96. The Morgan fingerprint density at radius 3 is 2.70 bits per heavy atom. The summed E-state index contributed by atoms with van der Waals surface area (Å²) in [6, 6.07) is 15.2. The smallest absolute Gasteiger partial charge is 0.410 e. The molecule has 1 aliphatic heterocycles. The normalized spacial score (nSPS) is 16.1. The molecule has 0 spiro atoms. The van der Waals surface area contributed by atoms with E-state index in [-0.39, 0.29) is 30.3 Å². The highest BCUT2D eigenvalue weighted by Crippen LogP contribution is 2.30. The fourth-order valence-corrected chi connectivity index (χ4v) is 5.14. The highest BCUT2D eigenvalue weighted by Gasteiger charge is 2.24. The van der Waals surface area contributed by atoms with E-state index in [0.717, 1.165) is 64.7 Å². The molecule has 0 radical (unpaired) electrons. The quantitative estimate of drug-likeness (QED) is 0.252. The van der Waals surface area contributed by atoms with Crippen molar-refractivity contribution in [3.8, 4) is 11.3 Å². The van der Waals surface area contributed by atoms with Crippen molar-refractivity contribution in [1.29, 1.82) is 0 Å². The van der Waals surface area contributed by atoms with Crippen molar-refractivity contribution >= 4 is 22.9 Å². The molecule has 226 valence electrons. The molecule has 0 unspecified atom stereocenters. The standard InChI is InChI=1S/C34H41N5O4/c1-22-14-15-24(21-43-33(41)38(6)34(3,4)5)17-27(22)32(40)36-23(2)28-18-30(37-29-12-8-7-11-26(28)29)25-19-35-39(20-25)31-13-9-10-16-42-31/h7-8,11-12,14-15,17-20,23,31H,9-10,13,16,21H2,1-6H3,(H,36,40)/t23-,31-/m1/s1. The molecule has 1 N–H and O–H groups in total. The van der Waals surface area contributed by atoms with Crippen LogP contribution in [0.5, 0.6) is 0 Å². The van der Waals surface area contributed by atoms with E-state index in [1.165, 1.54) is 0 Å². The number of ether oxygens (including phenoxy) is 2. The van der Waals surface area contributed by atoms with Gasteiger partial charge in [-0.25, -0.2) is 14.5 Å². The summed E-state index contributed by atoms with van der Waals surface area (Å²) in [7, 11) is 1.71. The lowest BCUT2D eigenvalue weighted by Crippen LogP contribution is -2.42. The molecule has 0 saturated carbocycles. The summed E-state index contributed by atoms with van der Waals surface area (Å²) in [6.45, 7) is 10.5. The molecule has 43 heavy (non-hydrogen) atoms. The largest absolute Gasteiger partial charge is 0.445 e. The second-order valence-electron chi connectivity index (χ2n) is 12.3. The van der Waals surface area contributed by atoms with Crippen molar-refractivity contribution in [2.24, 2.45) is 0 Å². The number of carbonyl (C=O) groups is 2. The minimum absolute atomic E-state index is 0.0532. The van der Waals surface area contributed by atoms with Crippen LogP contribution in [0.25, 0.3) is 22.2 Å². The van der Waals surface area contributed by atoms with Gasteiger partial charge in [0.2, 0.25) is 0 Å². The number of hydrogen-bond donors (Lipinski definition) is 1. The Kier molecular flexibility index (Phi) is 8.82. The van der Waals surface area contributed by atoms with Crippen molar-refractivity contribution in [1.82, 2.24) is 25.0 Å². The monoisotopic (exact) mass is 583 g/mol. The Balaban J connectivity index is 1.36. The van der Waals surface area contributed by atoms with Gasteiger partial charge in [0.1, 0.15) is 12.8 Å². The van der Waals surface area contributed by atoms with Crippen molar-refractivity contribution in [2.75, 3.05) is 13.7 Å². The van der Waals surface area contributed by atoms with Crippen LogP contribution in [-0.4, -0.2) is 50.9 Å². The van der Waals surface area contributed by atoms with Crippen LogP contribution in [0, 0.1) is 6.92 Å². The van der Waals surface area contributed by atoms with Crippen molar-refractivity contribution in [3.05, 3.63) is 83.2 Å². The molecule has 0 bridgehead atoms. The van der Waals surface area contributed by atoms with Gasteiger partial charge in [0.15, 0.2) is 0 Å². The molecule has 0 aliphatic carbocycles. The second kappa shape index (κ2) is 12.6. The van der Waals surface area contributed by atoms with Gasteiger partial charge in [0.25, 0.3) is 5.91 Å². The second-order valence-corrected chi connectivity index (χ2v) is 12.3. The van der Waals surface area contributed by atoms with Crippen LogP contribution in [0.15, 0.2) is 60.9 Å². The fraction of sp³-hybridized carbons (Fsp3) is 0.412. The van der Waals surface area contributed by atoms with Gasteiger partial charge in [-0.05, 0) is 88.8 Å². The zero-order valence-electron chi connectivity index (χ0n) is 25.9. The lowest BCUT2D eigenvalue weighted by atomic mass is 9.99. The van der Waals surface area contributed by atoms with Crippen LogP contribution in [0.1, 0.15) is 86.3 Å². The van der Waals surface area contributed by atoms with Crippen LogP contribution < -0.4 is 5.32 Å². The predicted octanol–water partition coefficient (Wildman–Crippen LogP) is 6.96. The number of benzene rings is 2. The number of nitrogens with one attached hydrogen (secondary N) is 1. The van der Waals surface area contributed by atoms with E-state index in [4.69, 9.17) is 14.5 Å². The number of aryl methyl sites for hydroxylation is 1. The Morgan fingerprint density at radius 2 is 1.95 bits per heavy atom. The zero-order valence-corrected chi connectivity index (χ0v) is 25.9. The van der Waals surface area contributed by atoms with Gasteiger partial charge in [-0.3, -0.25) is 4.79 Å². The number of aromatic nitrogens is 3. The average Bonchev–Trinajstić information content (AvgIpc) is 3.50. The minimum Gasteiger partial charge on any atom is -0.445 e. The van der Waals surface area contributed by atoms with Gasteiger partial charge in [-0.2, -0.15) is 5.10 Å². The molecule has 2 amide bonds. The average molecular weight is 584 g/mol. The summed E-state index contributed by atoms with van der Waals surface area (Å²) in [6.07, 6.45) is 6.49. The Hall–Kier alpha value is -4.24. The van der Waals surface area contributed by atoms with Crippen molar-refractivity contribution < 1.29 is 19.1 Å². The molecule has 9 nitrogen and oxygen atoms in total. The number of pyridine rings is 1. The summed E-state index contributed by atoms with van der Waals surface area (Å²) < 4.78 is 13.3. The number of fused-ring (bicyclic) bond motifs is 1. The Bertz CT molecular complexity index is 1620. The fourth-order valence-electron chi connectivity index (χ4n) is 5.14. The van der Waals surface area contributed by atoms with E-state index >= 15 is 0 Å². The van der Waals surface area contributed by atoms with Crippen molar-refractivity contribution in [3.63, 3.8) is 0 Å². The molecular weight excluding hydrogens is 542 g/mol. The lowest BCUT2D eigenvalue weighted by molar-refractivity contribution is -0.0394. The minimum atomic E-state index is -0.412. The third-order valence-electron chi connectivity index (χ3n) is 8.10. The number of para-hydroxylation sites is 1. The Morgan fingerprint density at radius 1 is 1.16 bits per heavy atom. The van der Waals surface area contributed by atoms with E-state index < -0.39 is 6.09 Å². The van der Waals surface area contributed by atoms with Crippen LogP contribution in [0.2, 0.25) is 0 Å². The maximum atomic E-state index is 13.6. The lowest BCUT2D eigenvalue weighted by Gasteiger charge is -2.30. The molecule has 9 heteroatoms. The SMILES string of the molecule is Cc1ccc(COC(=O)N(C)C(C)(C)C)cc1C(=O)N[C@H](C)c1cc(-c2cnn([C@H]3CCCCO3)c2)nc2ccccc12. The molecule has 4 aromatic rings. The van der Waals surface area contributed by atoms with Crippen LogP contribution >= 0.6 is 0 Å². The summed E-state index contributed by atoms with van der Waals surface area (Å²) in [5.74, 6) is -0.199. The number of rotatable bonds is 7. The third kappa shape index (κ3) is 6.88. The van der Waals surface area contributed by atoms with Gasteiger partial charge in [-0.15, -0.1) is 0 Å². The van der Waals surface area contributed by atoms with Crippen LogP contribution in [-0.2, 0) is 16.1 Å². The van der Waals surface area contributed by atoms with E-state index in [9.17, 15) is 9.59 Å². The first-order valence-corrected chi connectivity index (χ1v) is 14.9. The number of nitrogens with zero attached hydrogens (tertiary/aromatic N) is 4. The van der Waals surface area contributed by atoms with Gasteiger partial charge in [-0.1, -0.05) is 30.3 Å². The number of hydrogen-bond acceptors (Lipinski definition) is 6. The summed E-state index contributed by atoms with van der Waals surface area (Å²) in [5.41, 5.74) is 5.26. The highest BCUT2D eigenvalue weighted by atomic mass is 16.6. The molecule has 2 atom stereocenters. The molecule has 3 heterocycles. The molecule has 1 fully saturated rings. The summed E-state index contributed by atoms with van der Waals surface area (Å²) in [5, 5.41) is 8.73. The molecule has 2 aromatic carbocycles. The predicted molar refractivity (Wildman–Crippen MR) is 167 cm³/mol. The summed E-state index contributed by atoms with van der Waals surface area (Å²) >= 11 is 0. The van der Waals surface area contributed by atoms with Crippen molar-refractivity contribution in [2.45, 2.75) is 78.3 Å². The first-order valence-electron chi connectivity index (χ1n) is 14.9. The maximum absolute atomic E-state index is 13.6. The summed E-state index contributed by atoms with van der Waals surface area (Å²) in [4.78, 5) is 32.5.